The second-order valence-corrected chi connectivity index (χ2v) is 4.53. The molecule has 1 aliphatic heterocycles. The molecule has 0 bridgehead atoms. The van der Waals surface area contributed by atoms with E-state index in [1.165, 1.54) is 0 Å². The van der Waals surface area contributed by atoms with E-state index in [2.05, 4.69) is 15.5 Å². The second kappa shape index (κ2) is 3.23. The number of halogens is 3. The summed E-state index contributed by atoms with van der Waals surface area (Å²) in [5, 5.41) is 9.27. The molecule has 2 unspecified atom stereocenters. The van der Waals surface area contributed by atoms with Crippen molar-refractivity contribution in [3.05, 3.63) is 17.0 Å². The minimum Gasteiger partial charge on any atom is -0.316 e. The van der Waals surface area contributed by atoms with E-state index in [9.17, 15) is 13.2 Å². The molecule has 2 heterocycles. The van der Waals surface area contributed by atoms with Crippen LogP contribution >= 0.6 is 0 Å². The molecule has 3 rings (SSSR count). The Morgan fingerprint density at radius 1 is 1.25 bits per heavy atom. The van der Waals surface area contributed by atoms with Crippen molar-refractivity contribution in [3.8, 4) is 0 Å². The van der Waals surface area contributed by atoms with Crippen molar-refractivity contribution in [2.24, 2.45) is 5.92 Å². The normalized spacial score (nSPS) is 28.9. The van der Waals surface area contributed by atoms with Crippen LogP contribution in [-0.2, 0) is 12.6 Å². The molecular formula is C10H12F3N3. The molecule has 0 aromatic carbocycles. The molecule has 6 heteroatoms. The van der Waals surface area contributed by atoms with Crippen LogP contribution in [0.2, 0.25) is 0 Å². The standard InChI is InChI=1S/C10H12F3N3/c11-10(12,13)9-6-2-1-5-3-14-4-7(5)8(6)15-16-9/h5,7,14H,1-4H2,(H,15,16). The van der Waals surface area contributed by atoms with E-state index >= 15 is 0 Å². The molecule has 1 aromatic heterocycles. The van der Waals surface area contributed by atoms with Gasteiger partial charge in [-0.3, -0.25) is 5.10 Å². The highest BCUT2D eigenvalue weighted by molar-refractivity contribution is 5.34. The van der Waals surface area contributed by atoms with Gasteiger partial charge in [-0.1, -0.05) is 0 Å². The minimum absolute atomic E-state index is 0.187. The van der Waals surface area contributed by atoms with Crippen molar-refractivity contribution < 1.29 is 13.2 Å². The molecule has 0 radical (unpaired) electrons. The summed E-state index contributed by atoms with van der Waals surface area (Å²) < 4.78 is 38.0. The first-order valence-electron chi connectivity index (χ1n) is 5.42. The number of alkyl halides is 3. The summed E-state index contributed by atoms with van der Waals surface area (Å²) in [4.78, 5) is 0. The number of H-pyrrole nitrogens is 1. The van der Waals surface area contributed by atoms with Crippen LogP contribution in [0, 0.1) is 5.92 Å². The van der Waals surface area contributed by atoms with Crippen LogP contribution in [0.4, 0.5) is 13.2 Å². The summed E-state index contributed by atoms with van der Waals surface area (Å²) in [6, 6.07) is 0. The zero-order valence-electron chi connectivity index (χ0n) is 8.56. The Labute approximate surface area is 90.4 Å². The molecule has 2 aliphatic rings. The molecule has 0 amide bonds. The van der Waals surface area contributed by atoms with Crippen molar-refractivity contribution in [2.75, 3.05) is 13.1 Å². The number of aromatic nitrogens is 2. The van der Waals surface area contributed by atoms with Gasteiger partial charge in [-0.25, -0.2) is 0 Å². The van der Waals surface area contributed by atoms with Crippen LogP contribution in [-0.4, -0.2) is 23.3 Å². The third-order valence-electron chi connectivity index (χ3n) is 3.64. The Kier molecular flexibility index (Phi) is 2.04. The smallest absolute Gasteiger partial charge is 0.316 e. The van der Waals surface area contributed by atoms with E-state index in [4.69, 9.17) is 0 Å². The topological polar surface area (TPSA) is 40.7 Å². The number of rotatable bonds is 0. The lowest BCUT2D eigenvalue weighted by Gasteiger charge is -2.24. The summed E-state index contributed by atoms with van der Waals surface area (Å²) in [7, 11) is 0. The molecule has 2 atom stereocenters. The van der Waals surface area contributed by atoms with Gasteiger partial charge in [0.1, 0.15) is 0 Å². The maximum absolute atomic E-state index is 12.7. The van der Waals surface area contributed by atoms with Crippen LogP contribution in [0.1, 0.15) is 29.3 Å². The Morgan fingerprint density at radius 2 is 2.06 bits per heavy atom. The van der Waals surface area contributed by atoms with Crippen molar-refractivity contribution >= 4 is 0 Å². The Bertz CT molecular complexity index is 410. The summed E-state index contributed by atoms with van der Waals surface area (Å²) in [5.74, 6) is 0.654. The number of fused-ring (bicyclic) bond motifs is 3. The third-order valence-corrected chi connectivity index (χ3v) is 3.64. The lowest BCUT2D eigenvalue weighted by atomic mass is 9.80. The number of hydrogen-bond donors (Lipinski definition) is 2. The van der Waals surface area contributed by atoms with Gasteiger partial charge in [0, 0.05) is 23.7 Å². The van der Waals surface area contributed by atoms with Gasteiger partial charge in [-0.15, -0.1) is 0 Å². The van der Waals surface area contributed by atoms with Crippen LogP contribution in [0.5, 0.6) is 0 Å². The SMILES string of the molecule is FC(F)(F)c1n[nH]c2c1CCC1CNCC21. The van der Waals surface area contributed by atoms with Gasteiger partial charge >= 0.3 is 6.18 Å². The average molecular weight is 231 g/mol. The van der Waals surface area contributed by atoms with Crippen molar-refractivity contribution in [1.29, 1.82) is 0 Å². The van der Waals surface area contributed by atoms with Crippen molar-refractivity contribution in [3.63, 3.8) is 0 Å². The second-order valence-electron chi connectivity index (χ2n) is 4.53. The zero-order valence-corrected chi connectivity index (χ0v) is 8.56. The average Bonchev–Trinajstić information content (AvgIpc) is 2.81. The van der Waals surface area contributed by atoms with E-state index in [-0.39, 0.29) is 5.92 Å². The molecule has 1 aliphatic carbocycles. The Hall–Kier alpha value is -1.04. The van der Waals surface area contributed by atoms with Crippen LogP contribution in [0.15, 0.2) is 0 Å². The molecule has 1 saturated heterocycles. The molecule has 16 heavy (non-hydrogen) atoms. The Morgan fingerprint density at radius 3 is 2.81 bits per heavy atom. The number of nitrogens with one attached hydrogen (secondary N) is 2. The molecule has 0 saturated carbocycles. The van der Waals surface area contributed by atoms with Gasteiger partial charge in [0.2, 0.25) is 0 Å². The number of aromatic amines is 1. The molecule has 1 aromatic rings. The maximum Gasteiger partial charge on any atom is 0.435 e. The van der Waals surface area contributed by atoms with E-state index in [1.54, 1.807) is 0 Å². The first-order valence-corrected chi connectivity index (χ1v) is 5.42. The van der Waals surface area contributed by atoms with Gasteiger partial charge < -0.3 is 5.32 Å². The fraction of sp³-hybridized carbons (Fsp3) is 0.700. The van der Waals surface area contributed by atoms with Crippen molar-refractivity contribution in [1.82, 2.24) is 15.5 Å². The molecule has 2 N–H and O–H groups in total. The third kappa shape index (κ3) is 1.36. The van der Waals surface area contributed by atoms with Gasteiger partial charge in [-0.2, -0.15) is 18.3 Å². The van der Waals surface area contributed by atoms with Crippen LogP contribution in [0.3, 0.4) is 0 Å². The number of nitrogens with zero attached hydrogens (tertiary/aromatic N) is 1. The molecule has 88 valence electrons. The zero-order chi connectivity index (χ0) is 11.3. The van der Waals surface area contributed by atoms with E-state index in [1.807, 2.05) is 0 Å². The highest BCUT2D eigenvalue weighted by atomic mass is 19.4. The molecule has 1 fully saturated rings. The largest absolute Gasteiger partial charge is 0.435 e. The van der Waals surface area contributed by atoms with Gasteiger partial charge in [0.25, 0.3) is 0 Å². The van der Waals surface area contributed by atoms with Crippen molar-refractivity contribution in [2.45, 2.75) is 24.9 Å². The predicted molar refractivity (Wildman–Crippen MR) is 51.0 cm³/mol. The summed E-state index contributed by atoms with van der Waals surface area (Å²) >= 11 is 0. The fourth-order valence-electron chi connectivity index (χ4n) is 2.88. The fourth-order valence-corrected chi connectivity index (χ4v) is 2.88. The highest BCUT2D eigenvalue weighted by Gasteiger charge is 2.43. The van der Waals surface area contributed by atoms with E-state index in [0.717, 1.165) is 19.5 Å². The van der Waals surface area contributed by atoms with Gasteiger partial charge in [0.05, 0.1) is 0 Å². The first-order chi connectivity index (χ1) is 7.57. The lowest BCUT2D eigenvalue weighted by molar-refractivity contribution is -0.141. The van der Waals surface area contributed by atoms with Gasteiger partial charge in [0.15, 0.2) is 5.69 Å². The summed E-state index contributed by atoms with van der Waals surface area (Å²) in [6.45, 7) is 1.67. The van der Waals surface area contributed by atoms with Crippen LogP contribution < -0.4 is 5.32 Å². The predicted octanol–water partition coefficient (Wildman–Crippen LogP) is 1.68. The quantitative estimate of drug-likeness (QED) is 0.713. The Balaban J connectivity index is 2.04. The van der Waals surface area contributed by atoms with Crippen LogP contribution in [0.25, 0.3) is 0 Å². The van der Waals surface area contributed by atoms with E-state index in [0.29, 0.717) is 23.6 Å². The monoisotopic (exact) mass is 231 g/mol. The maximum atomic E-state index is 12.7. The van der Waals surface area contributed by atoms with E-state index < -0.39 is 11.9 Å². The lowest BCUT2D eigenvalue weighted by Crippen LogP contribution is -2.20. The van der Waals surface area contributed by atoms with Gasteiger partial charge in [-0.05, 0) is 25.3 Å². The summed E-state index contributed by atoms with van der Waals surface area (Å²) in [5.41, 5.74) is 0.374. The minimum atomic E-state index is -4.33. The highest BCUT2D eigenvalue weighted by Crippen LogP contribution is 2.42. The molecular weight excluding hydrogens is 219 g/mol. The first kappa shape index (κ1) is 10.1. The molecule has 3 nitrogen and oxygen atoms in total. The summed E-state index contributed by atoms with van der Waals surface area (Å²) in [6.07, 6.45) is -3.01. The molecule has 0 spiro atoms. The number of hydrogen-bond acceptors (Lipinski definition) is 2.